The predicted molar refractivity (Wildman–Crippen MR) is 116 cm³/mol. The average Bonchev–Trinajstić information content (AvgIpc) is 3.16. The molecule has 3 aromatic rings. The summed E-state index contributed by atoms with van der Waals surface area (Å²) in [5.41, 5.74) is -1.79. The van der Waals surface area contributed by atoms with Gasteiger partial charge in [-0.05, 0) is 63.2 Å². The second-order valence-electron chi connectivity index (χ2n) is 8.36. The monoisotopic (exact) mass is 467 g/mol. The number of anilines is 1. The van der Waals surface area contributed by atoms with Crippen LogP contribution in [0.2, 0.25) is 0 Å². The van der Waals surface area contributed by atoms with Gasteiger partial charge in [-0.15, -0.1) is 0 Å². The predicted octanol–water partition coefficient (Wildman–Crippen LogP) is 6.84. The zero-order chi connectivity index (χ0) is 23.8. The molecule has 176 valence electrons. The maximum Gasteiger partial charge on any atom is 0.416 e. The smallest absolute Gasteiger partial charge is 0.384 e. The first-order chi connectivity index (χ1) is 15.5. The van der Waals surface area contributed by atoms with Crippen LogP contribution >= 0.6 is 0 Å². The highest BCUT2D eigenvalue weighted by Crippen LogP contribution is 2.39. The molecule has 9 heteroatoms. The van der Waals surface area contributed by atoms with Crippen LogP contribution in [0.5, 0.6) is 0 Å². The summed E-state index contributed by atoms with van der Waals surface area (Å²) in [4.78, 5) is 6.66. The Morgan fingerprint density at radius 1 is 0.970 bits per heavy atom. The van der Waals surface area contributed by atoms with Gasteiger partial charge in [0.15, 0.2) is 0 Å². The van der Waals surface area contributed by atoms with Crippen molar-refractivity contribution < 1.29 is 26.3 Å². The molecule has 0 spiro atoms. The van der Waals surface area contributed by atoms with Crippen LogP contribution in [-0.2, 0) is 12.4 Å². The minimum Gasteiger partial charge on any atom is -0.384 e. The molecular weight excluding hydrogens is 444 g/mol. The number of likely N-dealkylation sites (tertiary alicyclic amines) is 1. The van der Waals surface area contributed by atoms with E-state index in [2.05, 4.69) is 22.2 Å². The molecule has 1 atom stereocenters. The Labute approximate surface area is 187 Å². The first kappa shape index (κ1) is 23.4. The topological polar surface area (TPSA) is 28.2 Å². The quantitative estimate of drug-likeness (QED) is 0.417. The van der Waals surface area contributed by atoms with E-state index >= 15 is 0 Å². The van der Waals surface area contributed by atoms with Crippen molar-refractivity contribution in [3.8, 4) is 11.3 Å². The van der Waals surface area contributed by atoms with E-state index < -0.39 is 23.5 Å². The zero-order valence-electron chi connectivity index (χ0n) is 17.9. The molecule has 3 nitrogen and oxygen atoms in total. The Morgan fingerprint density at radius 3 is 2.24 bits per heavy atom. The lowest BCUT2D eigenvalue weighted by Gasteiger charge is -2.20. The summed E-state index contributed by atoms with van der Waals surface area (Å²) in [5.74, 6) is 0. The minimum absolute atomic E-state index is 0.0470. The third-order valence-corrected chi connectivity index (χ3v) is 6.06. The first-order valence-corrected chi connectivity index (χ1v) is 10.7. The molecule has 4 rings (SSSR count). The van der Waals surface area contributed by atoms with Gasteiger partial charge in [0.05, 0.1) is 22.3 Å². The fourth-order valence-corrected chi connectivity index (χ4v) is 4.29. The fraction of sp³-hybridized carbons (Fsp3) is 0.375. The SMILES string of the molecule is CN1CCCC1CCNc1cc(-c2cc(C(F)(F)F)cc(C(F)(F)F)c2)nc2ccccc12. The molecule has 1 unspecified atom stereocenters. The maximum absolute atomic E-state index is 13.3. The number of nitrogens with zero attached hydrogens (tertiary/aromatic N) is 2. The van der Waals surface area contributed by atoms with E-state index in [1.165, 1.54) is 6.07 Å². The van der Waals surface area contributed by atoms with E-state index in [0.717, 1.165) is 31.2 Å². The van der Waals surface area contributed by atoms with Crippen molar-refractivity contribution >= 4 is 16.6 Å². The molecule has 2 aromatic carbocycles. The second-order valence-corrected chi connectivity index (χ2v) is 8.36. The van der Waals surface area contributed by atoms with Crippen LogP contribution in [-0.4, -0.2) is 36.1 Å². The van der Waals surface area contributed by atoms with E-state index in [0.29, 0.717) is 35.9 Å². The third-order valence-electron chi connectivity index (χ3n) is 6.06. The Balaban J connectivity index is 1.73. The van der Waals surface area contributed by atoms with E-state index in [-0.39, 0.29) is 17.3 Å². The number of aromatic nitrogens is 1. The lowest BCUT2D eigenvalue weighted by atomic mass is 10.0. The number of hydrogen-bond acceptors (Lipinski definition) is 3. The number of benzene rings is 2. The summed E-state index contributed by atoms with van der Waals surface area (Å²) in [5, 5.41) is 4.08. The normalized spacial score (nSPS) is 17.6. The molecule has 1 N–H and O–H groups in total. The number of alkyl halides is 6. The number of nitrogens with one attached hydrogen (secondary N) is 1. The van der Waals surface area contributed by atoms with Gasteiger partial charge in [-0.25, -0.2) is 4.98 Å². The van der Waals surface area contributed by atoms with Crippen LogP contribution in [0.15, 0.2) is 48.5 Å². The number of halogens is 6. The van der Waals surface area contributed by atoms with E-state index in [9.17, 15) is 26.3 Å². The zero-order valence-corrected chi connectivity index (χ0v) is 17.9. The molecular formula is C24H23F6N3. The van der Waals surface area contributed by atoms with Gasteiger partial charge in [0.1, 0.15) is 0 Å². The van der Waals surface area contributed by atoms with E-state index in [4.69, 9.17) is 0 Å². The molecule has 1 aliphatic heterocycles. The summed E-state index contributed by atoms with van der Waals surface area (Å²) in [6, 6.07) is 10.6. The highest BCUT2D eigenvalue weighted by Gasteiger charge is 2.37. The second kappa shape index (κ2) is 8.85. The summed E-state index contributed by atoms with van der Waals surface area (Å²) in [6.45, 7) is 1.67. The average molecular weight is 467 g/mol. The van der Waals surface area contributed by atoms with Crippen molar-refractivity contribution in [3.63, 3.8) is 0 Å². The highest BCUT2D eigenvalue weighted by atomic mass is 19.4. The minimum atomic E-state index is -4.92. The summed E-state index contributed by atoms with van der Waals surface area (Å²) in [7, 11) is 2.07. The summed E-state index contributed by atoms with van der Waals surface area (Å²) >= 11 is 0. The van der Waals surface area contributed by atoms with Gasteiger partial charge < -0.3 is 10.2 Å². The number of para-hydroxylation sites is 1. The van der Waals surface area contributed by atoms with Gasteiger partial charge in [0, 0.05) is 29.2 Å². The molecule has 0 saturated carbocycles. The molecule has 0 radical (unpaired) electrons. The molecule has 1 aromatic heterocycles. The van der Waals surface area contributed by atoms with Gasteiger partial charge in [-0.3, -0.25) is 0 Å². The largest absolute Gasteiger partial charge is 0.416 e. The Morgan fingerprint density at radius 2 is 1.64 bits per heavy atom. The Bertz CT molecular complexity index is 1110. The van der Waals surface area contributed by atoms with Gasteiger partial charge in [-0.1, -0.05) is 18.2 Å². The van der Waals surface area contributed by atoms with Crippen molar-refractivity contribution in [1.29, 1.82) is 0 Å². The molecule has 0 amide bonds. The lowest BCUT2D eigenvalue weighted by molar-refractivity contribution is -0.143. The van der Waals surface area contributed by atoms with Crippen molar-refractivity contribution in [2.24, 2.45) is 0 Å². The number of pyridine rings is 1. The van der Waals surface area contributed by atoms with Gasteiger partial charge >= 0.3 is 12.4 Å². The molecule has 1 saturated heterocycles. The number of hydrogen-bond donors (Lipinski definition) is 1. The number of fused-ring (bicyclic) bond motifs is 1. The Hall–Kier alpha value is -2.81. The van der Waals surface area contributed by atoms with Crippen molar-refractivity contribution in [2.45, 2.75) is 37.7 Å². The van der Waals surface area contributed by atoms with Gasteiger partial charge in [0.25, 0.3) is 0 Å². The van der Waals surface area contributed by atoms with Crippen molar-refractivity contribution in [1.82, 2.24) is 9.88 Å². The van der Waals surface area contributed by atoms with Crippen molar-refractivity contribution in [3.05, 3.63) is 59.7 Å². The third kappa shape index (κ3) is 5.24. The molecule has 0 aliphatic carbocycles. The molecule has 0 bridgehead atoms. The number of rotatable bonds is 5. The van der Waals surface area contributed by atoms with Crippen LogP contribution in [0.25, 0.3) is 22.2 Å². The van der Waals surface area contributed by atoms with Gasteiger partial charge in [-0.2, -0.15) is 26.3 Å². The van der Waals surface area contributed by atoms with E-state index in [1.54, 1.807) is 12.1 Å². The summed E-state index contributed by atoms with van der Waals surface area (Å²) < 4.78 is 80.0. The highest BCUT2D eigenvalue weighted by molar-refractivity contribution is 5.93. The van der Waals surface area contributed by atoms with Crippen LogP contribution in [0.1, 0.15) is 30.4 Å². The van der Waals surface area contributed by atoms with Crippen LogP contribution in [0.3, 0.4) is 0 Å². The van der Waals surface area contributed by atoms with Crippen LogP contribution in [0.4, 0.5) is 32.0 Å². The van der Waals surface area contributed by atoms with Crippen LogP contribution < -0.4 is 5.32 Å². The standard InChI is InChI=1S/C24H23F6N3/c1-33-10-4-5-18(33)8-9-31-22-14-21(32-20-7-3-2-6-19(20)22)15-11-16(23(25,26)27)13-17(12-15)24(28,29)30/h2-3,6-7,11-14,18H,4-5,8-10H2,1H3,(H,31,32). The Kier molecular flexibility index (Phi) is 6.26. The maximum atomic E-state index is 13.3. The van der Waals surface area contributed by atoms with Gasteiger partial charge in [0.2, 0.25) is 0 Å². The first-order valence-electron chi connectivity index (χ1n) is 10.7. The lowest BCUT2D eigenvalue weighted by Crippen LogP contribution is -2.26. The molecule has 2 heterocycles. The summed E-state index contributed by atoms with van der Waals surface area (Å²) in [6.07, 6.45) is -6.71. The molecule has 1 fully saturated rings. The fourth-order valence-electron chi connectivity index (χ4n) is 4.29. The molecule has 33 heavy (non-hydrogen) atoms. The molecule has 1 aliphatic rings. The van der Waals surface area contributed by atoms with Crippen LogP contribution in [0, 0.1) is 0 Å². The van der Waals surface area contributed by atoms with Crippen molar-refractivity contribution in [2.75, 3.05) is 25.5 Å². The van der Waals surface area contributed by atoms with E-state index in [1.807, 2.05) is 12.1 Å².